The number of carbonyl (C=O) groups excluding carboxylic acids is 1. The maximum Gasteiger partial charge on any atom is 0.260 e. The predicted molar refractivity (Wildman–Crippen MR) is 69.8 cm³/mol. The van der Waals surface area contributed by atoms with Gasteiger partial charge in [-0.3, -0.25) is 9.69 Å². The molecule has 0 aliphatic carbocycles. The highest BCUT2D eigenvalue weighted by molar-refractivity contribution is 9.10. The minimum absolute atomic E-state index is 0.118. The molecule has 0 saturated heterocycles. The Kier molecular flexibility index (Phi) is 3.01. The summed E-state index contributed by atoms with van der Waals surface area (Å²) in [6.45, 7) is 1.70. The van der Waals surface area contributed by atoms with Gasteiger partial charge < -0.3 is 10.8 Å². The maximum absolute atomic E-state index is 11.8. The summed E-state index contributed by atoms with van der Waals surface area (Å²) in [6.07, 6.45) is -1.22. The fourth-order valence-electron chi connectivity index (χ4n) is 1.68. The molecule has 7 heteroatoms. The molecule has 2 heterocycles. The van der Waals surface area contributed by atoms with Crippen molar-refractivity contribution in [2.24, 2.45) is 10.7 Å². The fourth-order valence-corrected chi connectivity index (χ4v) is 3.24. The van der Waals surface area contributed by atoms with Crippen molar-refractivity contribution in [1.29, 1.82) is 0 Å². The Bertz CT molecular complexity index is 501. The van der Waals surface area contributed by atoms with Gasteiger partial charge in [0.2, 0.25) is 0 Å². The van der Waals surface area contributed by atoms with Crippen LogP contribution in [0.15, 0.2) is 20.9 Å². The van der Waals surface area contributed by atoms with Crippen molar-refractivity contribution in [2.75, 3.05) is 7.05 Å². The second kappa shape index (κ2) is 4.08. The SMILES string of the molecule is CN1C(=O)[C@@H](O)[C@@](C)(c2cc(Br)cs2)N=C1N. The number of amides is 1. The molecule has 2 atom stereocenters. The zero-order chi connectivity index (χ0) is 12.8. The van der Waals surface area contributed by atoms with Gasteiger partial charge in [0.05, 0.1) is 0 Å². The van der Waals surface area contributed by atoms with Gasteiger partial charge in [-0.1, -0.05) is 0 Å². The lowest BCUT2D eigenvalue weighted by atomic mass is 9.91. The second-order valence-corrected chi connectivity index (χ2v) is 5.87. The first-order valence-electron chi connectivity index (χ1n) is 4.91. The highest BCUT2D eigenvalue weighted by Gasteiger charge is 2.46. The molecule has 5 nitrogen and oxygen atoms in total. The monoisotopic (exact) mass is 317 g/mol. The number of aliphatic imine (C=N–C) groups is 1. The van der Waals surface area contributed by atoms with Crippen molar-refractivity contribution in [3.05, 3.63) is 20.8 Å². The van der Waals surface area contributed by atoms with Crippen LogP contribution in [0.3, 0.4) is 0 Å². The molecule has 0 spiro atoms. The Morgan fingerprint density at radius 2 is 2.35 bits per heavy atom. The number of hydrogen-bond donors (Lipinski definition) is 2. The number of guanidine groups is 1. The summed E-state index contributed by atoms with van der Waals surface area (Å²) in [4.78, 5) is 18.0. The number of aliphatic hydroxyl groups is 1. The van der Waals surface area contributed by atoms with Gasteiger partial charge >= 0.3 is 0 Å². The summed E-state index contributed by atoms with van der Waals surface area (Å²) in [5.74, 6) is -0.322. The van der Waals surface area contributed by atoms with E-state index in [0.717, 1.165) is 14.2 Å². The van der Waals surface area contributed by atoms with Crippen molar-refractivity contribution >= 4 is 39.1 Å². The molecule has 2 rings (SSSR count). The molecular formula is C10H12BrN3O2S. The van der Waals surface area contributed by atoms with E-state index in [2.05, 4.69) is 20.9 Å². The van der Waals surface area contributed by atoms with Gasteiger partial charge in [-0.25, -0.2) is 4.99 Å². The molecular weight excluding hydrogens is 306 g/mol. The number of nitrogens with zero attached hydrogens (tertiary/aromatic N) is 2. The summed E-state index contributed by atoms with van der Waals surface area (Å²) >= 11 is 4.76. The van der Waals surface area contributed by atoms with Gasteiger partial charge in [0.1, 0.15) is 5.54 Å². The minimum atomic E-state index is -1.22. The Morgan fingerprint density at radius 3 is 2.88 bits per heavy atom. The molecule has 92 valence electrons. The number of halogens is 1. The summed E-state index contributed by atoms with van der Waals surface area (Å²) in [6, 6.07) is 1.84. The normalized spacial score (nSPS) is 29.4. The molecule has 0 bridgehead atoms. The zero-order valence-electron chi connectivity index (χ0n) is 9.35. The lowest BCUT2D eigenvalue weighted by Gasteiger charge is -2.36. The van der Waals surface area contributed by atoms with Gasteiger partial charge in [-0.15, -0.1) is 11.3 Å². The first-order valence-corrected chi connectivity index (χ1v) is 6.59. The van der Waals surface area contributed by atoms with Crippen LogP contribution in [0.2, 0.25) is 0 Å². The van der Waals surface area contributed by atoms with Crippen LogP contribution in [0, 0.1) is 0 Å². The summed E-state index contributed by atoms with van der Waals surface area (Å²) in [5.41, 5.74) is 4.68. The van der Waals surface area contributed by atoms with Crippen molar-refractivity contribution < 1.29 is 9.90 Å². The molecule has 1 aromatic heterocycles. The van der Waals surface area contributed by atoms with E-state index < -0.39 is 17.6 Å². The molecule has 0 aromatic carbocycles. The maximum atomic E-state index is 11.8. The van der Waals surface area contributed by atoms with Crippen LogP contribution in [-0.4, -0.2) is 35.0 Å². The predicted octanol–water partition coefficient (Wildman–Crippen LogP) is 0.873. The molecule has 17 heavy (non-hydrogen) atoms. The van der Waals surface area contributed by atoms with E-state index >= 15 is 0 Å². The molecule has 0 fully saturated rings. The number of aliphatic hydroxyl groups excluding tert-OH is 1. The van der Waals surface area contributed by atoms with Gasteiger partial charge in [-0.2, -0.15) is 0 Å². The van der Waals surface area contributed by atoms with Crippen LogP contribution in [0.25, 0.3) is 0 Å². The third-order valence-corrected chi connectivity index (χ3v) is 4.77. The molecule has 0 unspecified atom stereocenters. The molecule has 1 amide bonds. The van der Waals surface area contributed by atoms with E-state index in [1.54, 1.807) is 6.92 Å². The highest BCUT2D eigenvalue weighted by Crippen LogP contribution is 2.38. The van der Waals surface area contributed by atoms with Crippen molar-refractivity contribution in [3.63, 3.8) is 0 Å². The summed E-state index contributed by atoms with van der Waals surface area (Å²) < 4.78 is 0.895. The Balaban J connectivity index is 2.53. The number of hydrogen-bond acceptors (Lipinski definition) is 5. The first-order chi connectivity index (χ1) is 7.86. The van der Waals surface area contributed by atoms with Crippen LogP contribution < -0.4 is 5.73 Å². The highest BCUT2D eigenvalue weighted by atomic mass is 79.9. The molecule has 1 aliphatic rings. The largest absolute Gasteiger partial charge is 0.380 e. The van der Waals surface area contributed by atoms with E-state index in [0.29, 0.717) is 0 Å². The second-order valence-electron chi connectivity index (χ2n) is 4.05. The van der Waals surface area contributed by atoms with E-state index in [1.165, 1.54) is 18.4 Å². The molecule has 3 N–H and O–H groups in total. The lowest BCUT2D eigenvalue weighted by molar-refractivity contribution is -0.140. The van der Waals surface area contributed by atoms with Crippen molar-refractivity contribution in [2.45, 2.75) is 18.6 Å². The average Bonchev–Trinajstić information content (AvgIpc) is 2.71. The van der Waals surface area contributed by atoms with E-state index in [9.17, 15) is 9.90 Å². The van der Waals surface area contributed by atoms with E-state index in [4.69, 9.17) is 5.73 Å². The van der Waals surface area contributed by atoms with E-state index in [1.807, 2.05) is 11.4 Å². The minimum Gasteiger partial charge on any atom is -0.380 e. The van der Waals surface area contributed by atoms with E-state index in [-0.39, 0.29) is 5.96 Å². The first kappa shape index (κ1) is 12.5. The molecule has 0 saturated carbocycles. The molecule has 1 aliphatic heterocycles. The smallest absolute Gasteiger partial charge is 0.260 e. The van der Waals surface area contributed by atoms with Gasteiger partial charge in [0.25, 0.3) is 5.91 Å². The Hall–Kier alpha value is -0.920. The third kappa shape index (κ3) is 1.88. The Labute approximate surface area is 111 Å². The number of carbonyl (C=O) groups is 1. The number of rotatable bonds is 1. The van der Waals surface area contributed by atoms with Crippen molar-refractivity contribution in [1.82, 2.24) is 4.90 Å². The summed E-state index contributed by atoms with van der Waals surface area (Å²) in [5, 5.41) is 12.0. The van der Waals surface area contributed by atoms with Crippen molar-refractivity contribution in [3.8, 4) is 0 Å². The van der Waals surface area contributed by atoms with Gasteiger partial charge in [0.15, 0.2) is 12.1 Å². The van der Waals surface area contributed by atoms with Crippen LogP contribution in [0.4, 0.5) is 0 Å². The summed E-state index contributed by atoms with van der Waals surface area (Å²) in [7, 11) is 1.49. The van der Waals surface area contributed by atoms with Gasteiger partial charge in [0, 0.05) is 21.8 Å². The fraction of sp³-hybridized carbons (Fsp3) is 0.400. The number of likely N-dealkylation sites (N-methyl/N-ethyl adjacent to an activating group) is 1. The number of thiophene rings is 1. The van der Waals surface area contributed by atoms with Crippen LogP contribution in [-0.2, 0) is 10.3 Å². The van der Waals surface area contributed by atoms with Crippen LogP contribution in [0.1, 0.15) is 11.8 Å². The average molecular weight is 318 g/mol. The van der Waals surface area contributed by atoms with Crippen LogP contribution >= 0.6 is 27.3 Å². The molecule has 0 radical (unpaired) electrons. The lowest BCUT2D eigenvalue weighted by Crippen LogP contribution is -2.56. The quantitative estimate of drug-likeness (QED) is 0.806. The molecule has 1 aromatic rings. The standard InChI is InChI=1S/C10H12BrN3O2S/c1-10(6-3-5(11)4-17-6)7(15)8(16)14(2)9(12)13-10/h3-4,7,15H,1-2H3,(H2,12,13)/t7-,10-/m1/s1. The van der Waals surface area contributed by atoms with Crippen LogP contribution in [0.5, 0.6) is 0 Å². The topological polar surface area (TPSA) is 78.9 Å². The van der Waals surface area contributed by atoms with Gasteiger partial charge in [-0.05, 0) is 28.9 Å². The zero-order valence-corrected chi connectivity index (χ0v) is 11.7. The number of nitrogens with two attached hydrogens (primary N) is 1. The Morgan fingerprint density at radius 1 is 1.71 bits per heavy atom. The third-order valence-electron chi connectivity index (χ3n) is 2.85.